The number of hydrogen-bond donors (Lipinski definition) is 1. The minimum Gasteiger partial charge on any atom is -1.00 e. The summed E-state index contributed by atoms with van der Waals surface area (Å²) in [4.78, 5) is 9.31. The van der Waals surface area contributed by atoms with Crippen LogP contribution in [-0.4, -0.2) is 5.12 Å². The van der Waals surface area contributed by atoms with E-state index in [4.69, 9.17) is 0 Å². The molecule has 0 fully saturated rings. The summed E-state index contributed by atoms with van der Waals surface area (Å²) in [7, 11) is 0. The number of hydrogen-bond acceptors (Lipinski definition) is 1. The Hall–Kier alpha value is 2.07. The van der Waals surface area contributed by atoms with Gasteiger partial charge in [-0.3, -0.25) is 4.79 Å². The molecule has 0 radical (unpaired) electrons. The summed E-state index contributed by atoms with van der Waals surface area (Å²) in [6, 6.07) is 0. The van der Waals surface area contributed by atoms with Gasteiger partial charge in [0.05, 0.1) is 0 Å². The first kappa shape index (κ1) is 10.1. The first-order valence-electron chi connectivity index (χ1n) is 0.928. The van der Waals surface area contributed by atoms with E-state index < -0.39 is 0 Å². The molecule has 0 bridgehead atoms. The molecule has 0 aliphatic rings. The average molecular weight is 210 g/mol. The molecule has 0 rings (SSSR count). The third-order valence-corrected chi connectivity index (χ3v) is 0. The summed E-state index contributed by atoms with van der Waals surface area (Å²) in [6.07, 6.45) is 0. The Kier molecular flexibility index (Phi) is 12.3. The molecule has 0 amide bonds. The monoisotopic (exact) mass is 210 g/mol. The van der Waals surface area contributed by atoms with Crippen molar-refractivity contribution in [3.05, 3.63) is 0 Å². The van der Waals surface area contributed by atoms with Crippen molar-refractivity contribution in [1.29, 1.82) is 0 Å². The Bertz CT molecular complexity index is 36.5. The number of rotatable bonds is 0. The van der Waals surface area contributed by atoms with Gasteiger partial charge in [0.15, 0.2) is 5.12 Å². The second-order valence-electron chi connectivity index (χ2n) is 0.519. The molecule has 0 aromatic rings. The molecule has 0 aromatic carbocycles. The maximum absolute atomic E-state index is 9.31. The van der Waals surface area contributed by atoms with E-state index in [0.717, 1.165) is 0 Å². The van der Waals surface area contributed by atoms with Crippen molar-refractivity contribution in [2.75, 3.05) is 0 Å². The molecule has 0 aromatic heterocycles. The molecule has 0 unspecified atom stereocenters. The Morgan fingerprint density at radius 2 is 2.00 bits per heavy atom. The van der Waals surface area contributed by atoms with E-state index in [-0.39, 0.29) is 75.4 Å². The zero-order chi connectivity index (χ0) is 3.58. The molecule has 0 spiro atoms. The Morgan fingerprint density at radius 3 is 2.00 bits per heavy atom. The fourth-order valence-corrected chi connectivity index (χ4v) is 0. The fourth-order valence-electron chi connectivity index (χ4n) is 0. The van der Waals surface area contributed by atoms with Gasteiger partial charge in [-0.25, -0.2) is 0 Å². The van der Waals surface area contributed by atoms with Crippen LogP contribution in [0.3, 0.4) is 0 Å². The van der Waals surface area contributed by atoms with Crippen molar-refractivity contribution in [3.8, 4) is 0 Å². The number of carbonyl (C=O) groups is 1. The largest absolute Gasteiger partial charge is 1.00 e. The van der Waals surface area contributed by atoms with Crippen molar-refractivity contribution >= 4 is 17.7 Å². The predicted octanol–water partition coefficient (Wildman–Crippen LogP) is -2.42. The van der Waals surface area contributed by atoms with Crippen molar-refractivity contribution in [1.82, 2.24) is 0 Å². The van der Waals surface area contributed by atoms with Crippen LogP contribution in [0.15, 0.2) is 0 Å². The van der Waals surface area contributed by atoms with Gasteiger partial charge in [0, 0.05) is 6.92 Å². The van der Waals surface area contributed by atoms with E-state index >= 15 is 0 Å². The average Bonchev–Trinajstić information content (AvgIpc) is 0.811. The van der Waals surface area contributed by atoms with Gasteiger partial charge in [0.1, 0.15) is 0 Å². The van der Waals surface area contributed by atoms with Gasteiger partial charge in [0.2, 0.25) is 0 Å². The first-order valence-corrected chi connectivity index (χ1v) is 1.37. The van der Waals surface area contributed by atoms with Crippen molar-refractivity contribution in [3.63, 3.8) is 0 Å². The van der Waals surface area contributed by atoms with Gasteiger partial charge in [0.25, 0.3) is 0 Å². The van der Waals surface area contributed by atoms with E-state index in [2.05, 4.69) is 12.6 Å². The maximum Gasteiger partial charge on any atom is 1.00 e. The summed E-state index contributed by atoms with van der Waals surface area (Å²) in [6.45, 7) is 1.39. The molecular weight excluding hydrogens is 205 g/mol. The zero-order valence-electron chi connectivity index (χ0n) is 4.36. The smallest absolute Gasteiger partial charge is 1.00 e. The minimum atomic E-state index is -0.139. The van der Waals surface area contributed by atoms with Gasteiger partial charge in [-0.2, -0.15) is 0 Å². The molecule has 26 valence electrons. The molecule has 0 saturated carbocycles. The van der Waals surface area contributed by atoms with E-state index in [1.807, 2.05) is 0 Å². The minimum absolute atomic E-state index is 0. The van der Waals surface area contributed by atoms with Crippen LogP contribution in [0.25, 0.3) is 0 Å². The van der Waals surface area contributed by atoms with Crippen LogP contribution in [0.4, 0.5) is 0 Å². The molecule has 0 aliphatic carbocycles. The predicted molar refractivity (Wildman–Crippen MR) is 20.8 cm³/mol. The van der Waals surface area contributed by atoms with Crippen molar-refractivity contribution in [2.24, 2.45) is 0 Å². The summed E-state index contributed by atoms with van der Waals surface area (Å²) in [5.41, 5.74) is 0. The van der Waals surface area contributed by atoms with Crippen LogP contribution in [-0.2, 0) is 4.79 Å². The summed E-state index contributed by atoms with van der Waals surface area (Å²) >= 11 is 3.33. The Balaban J connectivity index is -0.0000000450. The second-order valence-corrected chi connectivity index (χ2v) is 1.15. The van der Waals surface area contributed by atoms with Crippen LogP contribution in [0.5, 0.6) is 0 Å². The number of carbonyl (C=O) groups excluding carboxylic acids is 1. The molecule has 0 aliphatic heterocycles. The van der Waals surface area contributed by atoms with Gasteiger partial charge in [-0.1, -0.05) is 0 Å². The van der Waals surface area contributed by atoms with E-state index in [1.54, 1.807) is 0 Å². The molecule has 3 heteroatoms. The topological polar surface area (TPSA) is 17.1 Å². The zero-order valence-corrected chi connectivity index (χ0v) is 10.5. The van der Waals surface area contributed by atoms with E-state index in [9.17, 15) is 4.79 Å². The Morgan fingerprint density at radius 1 is 2.00 bits per heavy atom. The van der Waals surface area contributed by atoms with Crippen LogP contribution in [0.1, 0.15) is 8.35 Å². The molecule has 0 heterocycles. The second kappa shape index (κ2) is 6.07. The first-order chi connectivity index (χ1) is 1.73. The van der Waals surface area contributed by atoms with E-state index in [0.29, 0.717) is 0 Å². The maximum atomic E-state index is 9.31. The summed E-state index contributed by atoms with van der Waals surface area (Å²) in [5.74, 6) is 0. The van der Waals surface area contributed by atoms with Gasteiger partial charge >= 0.3 is 68.9 Å². The van der Waals surface area contributed by atoms with E-state index in [1.165, 1.54) is 6.92 Å². The van der Waals surface area contributed by atoms with Gasteiger partial charge < -0.3 is 1.43 Å². The normalized spacial score (nSPS) is 5.20. The SMILES string of the molecule is CC(=O)S.[Cs+].[H-]. The number of thiol groups is 1. The Labute approximate surface area is 97.2 Å². The molecule has 0 atom stereocenters. The van der Waals surface area contributed by atoms with Gasteiger partial charge in [-0.05, 0) is 0 Å². The standard InChI is InChI=1S/C2H4OS.Cs.H/c1-2(3)4;;/h1H3,(H,3,4);;/q;+1;-1. The van der Waals surface area contributed by atoms with Crippen LogP contribution < -0.4 is 68.9 Å². The fraction of sp³-hybridized carbons (Fsp3) is 0.500. The molecular formula is C2H5CsOS. The van der Waals surface area contributed by atoms with Crippen LogP contribution in [0, 0.1) is 0 Å². The molecule has 1 nitrogen and oxygen atoms in total. The van der Waals surface area contributed by atoms with Crippen LogP contribution in [0.2, 0.25) is 0 Å². The van der Waals surface area contributed by atoms with Crippen LogP contribution >= 0.6 is 12.6 Å². The van der Waals surface area contributed by atoms with Crippen molar-refractivity contribution in [2.45, 2.75) is 6.92 Å². The quantitative estimate of drug-likeness (QED) is 0.440. The third-order valence-electron chi connectivity index (χ3n) is 0. The summed E-state index contributed by atoms with van der Waals surface area (Å²) < 4.78 is 0. The molecule has 5 heavy (non-hydrogen) atoms. The summed E-state index contributed by atoms with van der Waals surface area (Å²) in [5, 5.41) is -0.139. The van der Waals surface area contributed by atoms with Gasteiger partial charge in [-0.15, -0.1) is 12.6 Å². The molecule has 0 N–H and O–H groups in total. The third kappa shape index (κ3) is 23.5. The van der Waals surface area contributed by atoms with Crippen molar-refractivity contribution < 1.29 is 75.1 Å². The molecule has 0 saturated heterocycles.